The average molecular weight is 292 g/mol. The highest BCUT2D eigenvalue weighted by atomic mass is 32.2. The molecule has 104 valence electrons. The molecule has 0 unspecified atom stereocenters. The molecule has 6 nitrogen and oxygen atoms in total. The monoisotopic (exact) mass is 292 g/mol. The van der Waals surface area contributed by atoms with Crippen LogP contribution in [0.25, 0.3) is 6.08 Å². The first-order valence-electron chi connectivity index (χ1n) is 5.95. The lowest BCUT2D eigenvalue weighted by atomic mass is 10.2. The molecule has 1 N–H and O–H groups in total. The molecule has 0 radical (unpaired) electrons. The molecule has 1 saturated heterocycles. The smallest absolute Gasteiger partial charge is 0.303 e. The van der Waals surface area contributed by atoms with Crippen molar-refractivity contribution in [3.8, 4) is 0 Å². The number of nitrogens with zero attached hydrogens (tertiary/aromatic N) is 2. The first-order chi connectivity index (χ1) is 9.58. The SMILES string of the molecule is O=C(O)CCCN1C(=O)SC(=Cc2cccnc2)C1=O. The number of carbonyl (C=O) groups is 3. The Morgan fingerprint density at radius 3 is 2.90 bits per heavy atom. The summed E-state index contributed by atoms with van der Waals surface area (Å²) in [5.41, 5.74) is 0.739. The number of pyridine rings is 1. The number of imide groups is 1. The highest BCUT2D eigenvalue weighted by Crippen LogP contribution is 2.32. The second-order valence-electron chi connectivity index (χ2n) is 4.12. The summed E-state index contributed by atoms with van der Waals surface area (Å²) in [6.45, 7) is 0.126. The fourth-order valence-corrected chi connectivity index (χ4v) is 2.56. The minimum absolute atomic E-state index is 0.0661. The topological polar surface area (TPSA) is 87.6 Å². The molecule has 1 fully saturated rings. The number of aliphatic carboxylic acids is 1. The normalized spacial score (nSPS) is 17.0. The van der Waals surface area contributed by atoms with E-state index in [0.717, 1.165) is 22.2 Å². The predicted octanol–water partition coefficient (Wildman–Crippen LogP) is 1.98. The van der Waals surface area contributed by atoms with E-state index in [4.69, 9.17) is 5.11 Å². The van der Waals surface area contributed by atoms with Crippen LogP contribution in [0.5, 0.6) is 0 Å². The third-order valence-electron chi connectivity index (χ3n) is 2.63. The minimum Gasteiger partial charge on any atom is -0.481 e. The summed E-state index contributed by atoms with van der Waals surface area (Å²) in [6.07, 6.45) is 5.01. The Bertz CT molecular complexity index is 571. The summed E-state index contributed by atoms with van der Waals surface area (Å²) in [7, 11) is 0. The number of carboxylic acid groups (broad SMARTS) is 1. The van der Waals surface area contributed by atoms with Gasteiger partial charge in [0.15, 0.2) is 0 Å². The number of thioether (sulfide) groups is 1. The number of hydrogen-bond donors (Lipinski definition) is 1. The second kappa shape index (κ2) is 6.33. The van der Waals surface area contributed by atoms with E-state index in [1.54, 1.807) is 30.6 Å². The van der Waals surface area contributed by atoms with Crippen molar-refractivity contribution >= 4 is 35.0 Å². The maximum Gasteiger partial charge on any atom is 0.303 e. The van der Waals surface area contributed by atoms with Crippen LogP contribution in [0.3, 0.4) is 0 Å². The Kier molecular flexibility index (Phi) is 4.52. The van der Waals surface area contributed by atoms with Crippen LogP contribution in [-0.4, -0.2) is 38.7 Å². The summed E-state index contributed by atoms with van der Waals surface area (Å²) in [5, 5.41) is 8.19. The molecule has 0 aliphatic carbocycles. The number of aromatic nitrogens is 1. The molecule has 2 heterocycles. The van der Waals surface area contributed by atoms with Crippen molar-refractivity contribution in [1.82, 2.24) is 9.88 Å². The first kappa shape index (κ1) is 14.3. The fourth-order valence-electron chi connectivity index (χ4n) is 1.69. The Hall–Kier alpha value is -2.15. The van der Waals surface area contributed by atoms with Gasteiger partial charge in [0.05, 0.1) is 4.91 Å². The van der Waals surface area contributed by atoms with Gasteiger partial charge in [0.1, 0.15) is 0 Å². The number of carbonyl (C=O) groups excluding carboxylic acids is 2. The van der Waals surface area contributed by atoms with Crippen LogP contribution in [0.15, 0.2) is 29.4 Å². The maximum absolute atomic E-state index is 12.0. The van der Waals surface area contributed by atoms with Crippen LogP contribution in [0.2, 0.25) is 0 Å². The van der Waals surface area contributed by atoms with E-state index in [1.165, 1.54) is 0 Å². The molecule has 1 aliphatic heterocycles. The van der Waals surface area contributed by atoms with Gasteiger partial charge in [-0.2, -0.15) is 0 Å². The third-order valence-corrected chi connectivity index (χ3v) is 3.54. The van der Waals surface area contributed by atoms with E-state index in [0.29, 0.717) is 4.91 Å². The molecule has 7 heteroatoms. The number of rotatable bonds is 5. The average Bonchev–Trinajstić information content (AvgIpc) is 2.67. The van der Waals surface area contributed by atoms with E-state index < -0.39 is 5.97 Å². The molecule has 0 spiro atoms. The zero-order valence-corrected chi connectivity index (χ0v) is 11.3. The van der Waals surface area contributed by atoms with Gasteiger partial charge >= 0.3 is 5.97 Å². The standard InChI is InChI=1S/C13H12N2O4S/c16-11(17)4-2-6-15-12(18)10(20-13(15)19)7-9-3-1-5-14-8-9/h1,3,5,7-8H,2,4,6H2,(H,16,17). The highest BCUT2D eigenvalue weighted by Gasteiger charge is 2.34. The lowest BCUT2D eigenvalue weighted by Gasteiger charge is -2.10. The Morgan fingerprint density at radius 2 is 2.25 bits per heavy atom. The predicted molar refractivity (Wildman–Crippen MR) is 73.8 cm³/mol. The Morgan fingerprint density at radius 1 is 1.45 bits per heavy atom. The summed E-state index contributed by atoms with van der Waals surface area (Å²) in [6, 6.07) is 3.52. The van der Waals surface area contributed by atoms with Gasteiger partial charge in [-0.1, -0.05) is 6.07 Å². The van der Waals surface area contributed by atoms with Gasteiger partial charge in [-0.15, -0.1) is 0 Å². The molecule has 2 rings (SSSR count). The molecule has 0 bridgehead atoms. The molecule has 1 aliphatic rings. The minimum atomic E-state index is -0.942. The molecule has 2 amide bonds. The van der Waals surface area contributed by atoms with E-state index in [2.05, 4.69) is 4.98 Å². The van der Waals surface area contributed by atoms with Crippen LogP contribution in [0.4, 0.5) is 4.79 Å². The summed E-state index contributed by atoms with van der Waals surface area (Å²) < 4.78 is 0. The summed E-state index contributed by atoms with van der Waals surface area (Å²) >= 11 is 0.859. The van der Waals surface area contributed by atoms with E-state index >= 15 is 0 Å². The van der Waals surface area contributed by atoms with Gasteiger partial charge in [0.2, 0.25) is 0 Å². The molecule has 0 aromatic carbocycles. The van der Waals surface area contributed by atoms with Crippen LogP contribution >= 0.6 is 11.8 Å². The van der Waals surface area contributed by atoms with E-state index in [-0.39, 0.29) is 30.5 Å². The van der Waals surface area contributed by atoms with Crippen molar-refractivity contribution < 1.29 is 19.5 Å². The largest absolute Gasteiger partial charge is 0.481 e. The van der Waals surface area contributed by atoms with Gasteiger partial charge in [0, 0.05) is 25.4 Å². The maximum atomic E-state index is 12.0. The van der Waals surface area contributed by atoms with Crippen molar-refractivity contribution in [2.75, 3.05) is 6.54 Å². The zero-order chi connectivity index (χ0) is 14.5. The molecular formula is C13H12N2O4S. The molecule has 1 aromatic heterocycles. The van der Waals surface area contributed by atoms with Crippen LogP contribution in [-0.2, 0) is 9.59 Å². The van der Waals surface area contributed by atoms with Gasteiger partial charge < -0.3 is 5.11 Å². The fraction of sp³-hybridized carbons (Fsp3) is 0.231. The lowest BCUT2D eigenvalue weighted by molar-refractivity contribution is -0.137. The molecule has 0 atom stereocenters. The van der Waals surface area contributed by atoms with Crippen LogP contribution in [0.1, 0.15) is 18.4 Å². The second-order valence-corrected chi connectivity index (χ2v) is 5.11. The number of hydrogen-bond acceptors (Lipinski definition) is 5. The van der Waals surface area contributed by atoms with Gasteiger partial charge in [-0.3, -0.25) is 24.3 Å². The quantitative estimate of drug-likeness (QED) is 0.835. The third kappa shape index (κ3) is 3.45. The van der Waals surface area contributed by atoms with Gasteiger partial charge in [-0.25, -0.2) is 0 Å². The first-order valence-corrected chi connectivity index (χ1v) is 6.77. The van der Waals surface area contributed by atoms with E-state index in [9.17, 15) is 14.4 Å². The Balaban J connectivity index is 2.05. The number of carboxylic acids is 1. The van der Waals surface area contributed by atoms with Crippen molar-refractivity contribution in [3.63, 3.8) is 0 Å². The number of amides is 2. The van der Waals surface area contributed by atoms with Crippen molar-refractivity contribution in [2.24, 2.45) is 0 Å². The van der Waals surface area contributed by atoms with Crippen molar-refractivity contribution in [1.29, 1.82) is 0 Å². The van der Waals surface area contributed by atoms with Crippen LogP contribution in [0, 0.1) is 0 Å². The van der Waals surface area contributed by atoms with Gasteiger partial charge in [-0.05, 0) is 35.9 Å². The summed E-state index contributed by atoms with van der Waals surface area (Å²) in [5.74, 6) is -1.32. The zero-order valence-electron chi connectivity index (χ0n) is 10.5. The molecule has 0 saturated carbocycles. The van der Waals surface area contributed by atoms with Crippen molar-refractivity contribution in [3.05, 3.63) is 35.0 Å². The van der Waals surface area contributed by atoms with Crippen molar-refractivity contribution in [2.45, 2.75) is 12.8 Å². The lowest BCUT2D eigenvalue weighted by Crippen LogP contribution is -2.29. The Labute approximate surface area is 119 Å². The van der Waals surface area contributed by atoms with E-state index in [1.807, 2.05) is 0 Å². The molecule has 20 heavy (non-hydrogen) atoms. The van der Waals surface area contributed by atoms with Crippen LogP contribution < -0.4 is 0 Å². The molecular weight excluding hydrogens is 280 g/mol. The van der Waals surface area contributed by atoms with Gasteiger partial charge in [0.25, 0.3) is 11.1 Å². The molecule has 1 aromatic rings. The summed E-state index contributed by atoms with van der Waals surface area (Å²) in [4.78, 5) is 39.5. The highest BCUT2D eigenvalue weighted by molar-refractivity contribution is 8.18.